The lowest BCUT2D eigenvalue weighted by Gasteiger charge is -2.21. The maximum absolute atomic E-state index is 13.6. The molecule has 1 heterocycles. The molecule has 1 aliphatic rings. The van der Waals surface area contributed by atoms with Crippen LogP contribution in [0.2, 0.25) is 10.0 Å². The van der Waals surface area contributed by atoms with Crippen LogP contribution >= 0.6 is 23.2 Å². The van der Waals surface area contributed by atoms with Crippen molar-refractivity contribution >= 4 is 29.1 Å². The molecule has 1 aromatic heterocycles. The molecule has 0 spiro atoms. The number of carbonyl (C=O) groups excluding carboxylic acids is 1. The number of rotatable bonds is 5. The first-order chi connectivity index (χ1) is 13.4. The zero-order valence-electron chi connectivity index (χ0n) is 14.3. The van der Waals surface area contributed by atoms with Crippen molar-refractivity contribution in [1.29, 1.82) is 0 Å². The van der Waals surface area contributed by atoms with E-state index in [1.807, 2.05) is 0 Å². The SMILES string of the molecule is O=C(c1cc(F)c(F)cc1Cl)N(Cc1nnc(-c2ccccc2Cl)o1)C1CC1. The van der Waals surface area contributed by atoms with E-state index < -0.39 is 17.5 Å². The van der Waals surface area contributed by atoms with E-state index in [1.54, 1.807) is 24.3 Å². The lowest BCUT2D eigenvalue weighted by Crippen LogP contribution is -2.33. The van der Waals surface area contributed by atoms with E-state index in [1.165, 1.54) is 4.90 Å². The Kier molecular flexibility index (Phi) is 5.03. The number of hydrogen-bond donors (Lipinski definition) is 0. The highest BCUT2D eigenvalue weighted by molar-refractivity contribution is 6.34. The predicted molar refractivity (Wildman–Crippen MR) is 99.0 cm³/mol. The molecule has 5 nitrogen and oxygen atoms in total. The van der Waals surface area contributed by atoms with Gasteiger partial charge < -0.3 is 9.32 Å². The van der Waals surface area contributed by atoms with Gasteiger partial charge in [-0.15, -0.1) is 10.2 Å². The van der Waals surface area contributed by atoms with Gasteiger partial charge in [-0.3, -0.25) is 4.79 Å². The Labute approximate surface area is 168 Å². The molecule has 0 aliphatic heterocycles. The first kappa shape index (κ1) is 18.8. The molecule has 2 aromatic carbocycles. The van der Waals surface area contributed by atoms with Crippen LogP contribution in [-0.4, -0.2) is 27.0 Å². The van der Waals surface area contributed by atoms with Gasteiger partial charge in [0.05, 0.1) is 27.7 Å². The number of halogens is 4. The molecule has 1 amide bonds. The summed E-state index contributed by atoms with van der Waals surface area (Å²) < 4.78 is 32.6. The Morgan fingerprint density at radius 1 is 1.11 bits per heavy atom. The van der Waals surface area contributed by atoms with Crippen molar-refractivity contribution in [1.82, 2.24) is 15.1 Å². The minimum atomic E-state index is -1.14. The molecule has 1 aliphatic carbocycles. The summed E-state index contributed by atoms with van der Waals surface area (Å²) in [6.45, 7) is 0.0241. The van der Waals surface area contributed by atoms with Gasteiger partial charge in [-0.2, -0.15) is 0 Å². The summed E-state index contributed by atoms with van der Waals surface area (Å²) in [5.41, 5.74) is 0.467. The molecule has 0 unspecified atom stereocenters. The van der Waals surface area contributed by atoms with Crippen LogP contribution in [0.4, 0.5) is 8.78 Å². The van der Waals surface area contributed by atoms with Crippen LogP contribution in [0.1, 0.15) is 29.1 Å². The smallest absolute Gasteiger partial charge is 0.256 e. The fourth-order valence-electron chi connectivity index (χ4n) is 2.80. The highest BCUT2D eigenvalue weighted by atomic mass is 35.5. The van der Waals surface area contributed by atoms with Crippen molar-refractivity contribution in [2.45, 2.75) is 25.4 Å². The Balaban J connectivity index is 1.60. The molecule has 4 rings (SSSR count). The minimum Gasteiger partial charge on any atom is -0.419 e. The first-order valence-electron chi connectivity index (χ1n) is 8.47. The van der Waals surface area contributed by atoms with Crippen molar-refractivity contribution in [3.63, 3.8) is 0 Å². The van der Waals surface area contributed by atoms with Gasteiger partial charge in [0.2, 0.25) is 11.8 Å². The van der Waals surface area contributed by atoms with Crippen LogP contribution in [0.5, 0.6) is 0 Å². The molecular weight excluding hydrogens is 411 g/mol. The summed E-state index contributed by atoms with van der Waals surface area (Å²) in [5, 5.41) is 8.26. The first-order valence-corrected chi connectivity index (χ1v) is 9.22. The van der Waals surface area contributed by atoms with E-state index in [9.17, 15) is 13.6 Å². The predicted octanol–water partition coefficient (Wildman–Crippen LogP) is 5.13. The zero-order chi connectivity index (χ0) is 19.8. The van der Waals surface area contributed by atoms with E-state index in [0.29, 0.717) is 10.6 Å². The maximum Gasteiger partial charge on any atom is 0.256 e. The number of aromatic nitrogens is 2. The largest absolute Gasteiger partial charge is 0.419 e. The molecule has 1 saturated carbocycles. The molecular formula is C19H13Cl2F2N3O2. The van der Waals surface area contributed by atoms with Crippen LogP contribution in [-0.2, 0) is 6.54 Å². The number of benzene rings is 2. The van der Waals surface area contributed by atoms with Crippen LogP contribution in [0.25, 0.3) is 11.5 Å². The molecule has 9 heteroatoms. The second-order valence-corrected chi connectivity index (χ2v) is 7.21. The maximum atomic E-state index is 13.6. The third-order valence-electron chi connectivity index (χ3n) is 4.37. The highest BCUT2D eigenvalue weighted by Gasteiger charge is 2.35. The number of nitrogens with zero attached hydrogens (tertiary/aromatic N) is 3. The minimum absolute atomic E-state index is 0.0241. The van der Waals surface area contributed by atoms with Crippen molar-refractivity contribution in [2.24, 2.45) is 0 Å². The molecule has 1 fully saturated rings. The topological polar surface area (TPSA) is 59.2 Å². The fourth-order valence-corrected chi connectivity index (χ4v) is 3.25. The summed E-state index contributed by atoms with van der Waals surface area (Å²) in [4.78, 5) is 14.4. The van der Waals surface area contributed by atoms with Gasteiger partial charge in [-0.05, 0) is 37.1 Å². The normalized spacial score (nSPS) is 13.6. The van der Waals surface area contributed by atoms with Crippen molar-refractivity contribution in [3.8, 4) is 11.5 Å². The fraction of sp³-hybridized carbons (Fsp3) is 0.211. The van der Waals surface area contributed by atoms with Gasteiger partial charge in [0.15, 0.2) is 11.6 Å². The van der Waals surface area contributed by atoms with Gasteiger partial charge in [0, 0.05) is 6.04 Å². The molecule has 0 saturated heterocycles. The zero-order valence-corrected chi connectivity index (χ0v) is 15.8. The van der Waals surface area contributed by atoms with Gasteiger partial charge in [0.25, 0.3) is 5.91 Å². The molecule has 0 radical (unpaired) electrons. The van der Waals surface area contributed by atoms with E-state index in [0.717, 1.165) is 25.0 Å². The third-order valence-corrected chi connectivity index (χ3v) is 5.01. The van der Waals surface area contributed by atoms with Crippen LogP contribution in [0, 0.1) is 11.6 Å². The van der Waals surface area contributed by atoms with Crippen LogP contribution in [0.3, 0.4) is 0 Å². The van der Waals surface area contributed by atoms with E-state index >= 15 is 0 Å². The lowest BCUT2D eigenvalue weighted by atomic mass is 10.1. The third kappa shape index (κ3) is 3.72. The summed E-state index contributed by atoms with van der Waals surface area (Å²) in [5.74, 6) is -2.34. The Morgan fingerprint density at radius 3 is 2.54 bits per heavy atom. The van der Waals surface area contributed by atoms with Crippen molar-refractivity contribution in [3.05, 3.63) is 69.5 Å². The second kappa shape index (κ2) is 7.48. The van der Waals surface area contributed by atoms with Crippen molar-refractivity contribution < 1.29 is 18.0 Å². The summed E-state index contributed by atoms with van der Waals surface area (Å²) in [6.07, 6.45) is 1.58. The molecule has 144 valence electrons. The Hall–Kier alpha value is -2.51. The van der Waals surface area contributed by atoms with Gasteiger partial charge in [-0.25, -0.2) is 8.78 Å². The van der Waals surface area contributed by atoms with Gasteiger partial charge >= 0.3 is 0 Å². The van der Waals surface area contributed by atoms with E-state index in [-0.39, 0.29) is 35.0 Å². The lowest BCUT2D eigenvalue weighted by molar-refractivity contribution is 0.0714. The van der Waals surface area contributed by atoms with E-state index in [2.05, 4.69) is 10.2 Å². The summed E-state index contributed by atoms with van der Waals surface area (Å²) in [7, 11) is 0. The van der Waals surface area contributed by atoms with Gasteiger partial charge in [0.1, 0.15) is 0 Å². The van der Waals surface area contributed by atoms with Crippen LogP contribution < -0.4 is 0 Å². The van der Waals surface area contributed by atoms with E-state index in [4.69, 9.17) is 27.6 Å². The quantitative estimate of drug-likeness (QED) is 0.533. The number of amides is 1. The van der Waals surface area contributed by atoms with Crippen molar-refractivity contribution in [2.75, 3.05) is 0 Å². The number of carbonyl (C=O) groups is 1. The monoisotopic (exact) mass is 423 g/mol. The number of hydrogen-bond acceptors (Lipinski definition) is 4. The highest BCUT2D eigenvalue weighted by Crippen LogP contribution is 2.32. The average molecular weight is 424 g/mol. The molecule has 0 atom stereocenters. The van der Waals surface area contributed by atoms with Crippen LogP contribution in [0.15, 0.2) is 40.8 Å². The second-order valence-electron chi connectivity index (χ2n) is 6.39. The average Bonchev–Trinajstić information content (AvgIpc) is 3.41. The molecule has 3 aromatic rings. The van der Waals surface area contributed by atoms with Gasteiger partial charge in [-0.1, -0.05) is 35.3 Å². The molecule has 0 N–H and O–H groups in total. The molecule has 28 heavy (non-hydrogen) atoms. The summed E-state index contributed by atoms with van der Waals surface area (Å²) >= 11 is 12.1. The Bertz CT molecular complexity index is 1050. The Morgan fingerprint density at radius 2 is 1.82 bits per heavy atom. The summed E-state index contributed by atoms with van der Waals surface area (Å²) in [6, 6.07) is 8.55. The molecule has 0 bridgehead atoms. The standard InChI is InChI=1S/C19H13Cl2F2N3O2/c20-13-4-2-1-3-11(13)18-25-24-17(28-18)9-26(10-5-6-10)19(27)12-7-15(22)16(23)8-14(12)21/h1-4,7-8,10H,5-6,9H2.